The van der Waals surface area contributed by atoms with Crippen molar-refractivity contribution in [1.82, 2.24) is 9.97 Å². The van der Waals surface area contributed by atoms with Crippen molar-refractivity contribution in [2.24, 2.45) is 0 Å². The Hall–Kier alpha value is -0.610. The van der Waals surface area contributed by atoms with Gasteiger partial charge in [0, 0.05) is 6.20 Å². The van der Waals surface area contributed by atoms with E-state index in [2.05, 4.69) is 9.97 Å². The fourth-order valence-corrected chi connectivity index (χ4v) is 2.13. The van der Waals surface area contributed by atoms with Gasteiger partial charge in [-0.1, -0.05) is 27.7 Å². The summed E-state index contributed by atoms with van der Waals surface area (Å²) < 4.78 is -0.475. The van der Waals surface area contributed by atoms with Crippen LogP contribution in [0.25, 0.3) is 0 Å². The topological polar surface area (TPSA) is 42.9 Å². The van der Waals surface area contributed by atoms with Gasteiger partial charge >= 0.3 is 0 Å². The monoisotopic (exact) mass is 258 g/mol. The molecule has 0 aliphatic heterocycles. The summed E-state index contributed by atoms with van der Waals surface area (Å²) in [5.41, 5.74) is 1.70. The number of aromatic nitrogens is 2. The van der Waals surface area contributed by atoms with Crippen molar-refractivity contribution < 1.29 is 4.79 Å². The van der Waals surface area contributed by atoms with E-state index in [0.29, 0.717) is 10.9 Å². The summed E-state index contributed by atoms with van der Waals surface area (Å²) in [7, 11) is 0. The Morgan fingerprint density at radius 1 is 1.31 bits per heavy atom. The zero-order valence-corrected chi connectivity index (χ0v) is 11.4. The van der Waals surface area contributed by atoms with Gasteiger partial charge < -0.3 is 0 Å². The highest BCUT2D eigenvalue weighted by molar-refractivity contribution is 8.16. The van der Waals surface area contributed by atoms with Crippen LogP contribution in [-0.2, 0) is 0 Å². The quantitative estimate of drug-likeness (QED) is 0.603. The van der Waals surface area contributed by atoms with Crippen molar-refractivity contribution >= 4 is 27.9 Å². The zero-order valence-electron chi connectivity index (χ0n) is 9.82. The smallest absolute Gasteiger partial charge is 0.268 e. The maximum absolute atomic E-state index is 10.9. The van der Waals surface area contributed by atoms with Gasteiger partial charge in [-0.15, -0.1) is 0 Å². The van der Waals surface area contributed by atoms with Gasteiger partial charge in [0.2, 0.25) is 0 Å². The molecule has 1 rings (SSSR count). The van der Waals surface area contributed by atoms with Crippen molar-refractivity contribution in [3.63, 3.8) is 0 Å². The van der Waals surface area contributed by atoms with E-state index in [1.165, 1.54) is 0 Å². The number of thioether (sulfide) groups is 1. The van der Waals surface area contributed by atoms with Crippen molar-refractivity contribution in [2.45, 2.75) is 44.6 Å². The summed E-state index contributed by atoms with van der Waals surface area (Å²) in [6, 6.07) is 0. The molecule has 0 saturated heterocycles. The molecule has 0 atom stereocenters. The first-order valence-corrected chi connectivity index (χ1v) is 6.35. The Kier molecular flexibility index (Phi) is 4.74. The zero-order chi connectivity index (χ0) is 12.3. The van der Waals surface area contributed by atoms with Crippen LogP contribution in [-0.4, -0.2) is 14.5 Å². The Bertz CT molecular complexity index is 394. The molecule has 0 fully saturated rings. The number of carbonyl (C=O) groups is 1. The number of nitrogens with zero attached hydrogens (tertiary/aromatic N) is 2. The van der Waals surface area contributed by atoms with Crippen molar-refractivity contribution in [3.05, 3.63) is 17.6 Å². The normalized spacial score (nSPS) is 11.2. The minimum atomic E-state index is -0.475. The predicted molar refractivity (Wildman–Crippen MR) is 67.3 cm³/mol. The van der Waals surface area contributed by atoms with E-state index in [9.17, 15) is 4.79 Å². The van der Waals surface area contributed by atoms with Gasteiger partial charge in [-0.05, 0) is 35.2 Å². The van der Waals surface area contributed by atoms with E-state index >= 15 is 0 Å². The number of carbonyl (C=O) groups excluding carboxylic acids is 1. The molecule has 0 aromatic carbocycles. The fraction of sp³-hybridized carbons (Fsp3) is 0.545. The molecule has 16 heavy (non-hydrogen) atoms. The van der Waals surface area contributed by atoms with E-state index in [1.807, 2.05) is 27.7 Å². The number of hydrogen-bond donors (Lipinski definition) is 0. The van der Waals surface area contributed by atoms with Gasteiger partial charge in [-0.25, -0.2) is 4.98 Å². The summed E-state index contributed by atoms with van der Waals surface area (Å²) >= 11 is 6.32. The molecule has 0 saturated carbocycles. The van der Waals surface area contributed by atoms with Crippen LogP contribution < -0.4 is 0 Å². The lowest BCUT2D eigenvalue weighted by atomic mass is 10.1. The van der Waals surface area contributed by atoms with Crippen molar-refractivity contribution in [3.8, 4) is 0 Å². The molecule has 88 valence electrons. The van der Waals surface area contributed by atoms with Gasteiger partial charge in [-0.2, -0.15) is 0 Å². The minimum absolute atomic E-state index is 0.229. The molecule has 0 bridgehead atoms. The van der Waals surface area contributed by atoms with E-state index in [0.717, 1.165) is 23.1 Å². The number of hydrogen-bond acceptors (Lipinski definition) is 4. The number of rotatable bonds is 3. The van der Waals surface area contributed by atoms with E-state index < -0.39 is 4.57 Å². The Labute approximate surface area is 105 Å². The van der Waals surface area contributed by atoms with Crippen LogP contribution >= 0.6 is 23.4 Å². The molecule has 1 aromatic heterocycles. The first-order chi connectivity index (χ1) is 7.41. The van der Waals surface area contributed by atoms with Gasteiger partial charge in [0.05, 0.1) is 11.4 Å². The molecule has 0 spiro atoms. The molecular weight excluding hydrogens is 244 g/mol. The minimum Gasteiger partial charge on any atom is -0.268 e. The molecule has 3 nitrogen and oxygen atoms in total. The molecule has 0 N–H and O–H groups in total. The average Bonchev–Trinajstić information content (AvgIpc) is 2.15. The molecule has 5 heteroatoms. The highest BCUT2D eigenvalue weighted by atomic mass is 35.5. The fourth-order valence-electron chi connectivity index (χ4n) is 1.22. The summed E-state index contributed by atoms with van der Waals surface area (Å²) in [5, 5.41) is 0.626. The third-order valence-corrected chi connectivity index (χ3v) is 2.99. The lowest BCUT2D eigenvalue weighted by Crippen LogP contribution is -2.03. The third-order valence-electron chi connectivity index (χ3n) is 2.10. The highest BCUT2D eigenvalue weighted by Crippen LogP contribution is 2.28. The SMILES string of the molecule is CC(C)c1cnc(C(C)C)c(SC(=O)Cl)n1. The third kappa shape index (κ3) is 3.46. The summed E-state index contributed by atoms with van der Waals surface area (Å²) in [6.45, 7) is 8.11. The molecule has 0 amide bonds. The van der Waals surface area contributed by atoms with Crippen LogP contribution in [0.4, 0.5) is 4.79 Å². The predicted octanol–water partition coefficient (Wildman–Crippen LogP) is 4.17. The second kappa shape index (κ2) is 5.64. The summed E-state index contributed by atoms with van der Waals surface area (Å²) in [5.74, 6) is 0.519. The van der Waals surface area contributed by atoms with Crippen molar-refractivity contribution in [2.75, 3.05) is 0 Å². The van der Waals surface area contributed by atoms with Crippen LogP contribution in [0.2, 0.25) is 0 Å². The van der Waals surface area contributed by atoms with Crippen LogP contribution in [0.15, 0.2) is 11.2 Å². The van der Waals surface area contributed by atoms with Crippen LogP contribution in [0, 0.1) is 0 Å². The second-order valence-electron chi connectivity index (χ2n) is 4.13. The lowest BCUT2D eigenvalue weighted by molar-refractivity contribution is 0.276. The second-order valence-corrected chi connectivity index (χ2v) is 5.66. The molecule has 1 heterocycles. The Morgan fingerprint density at radius 2 is 1.94 bits per heavy atom. The average molecular weight is 259 g/mol. The molecule has 1 aromatic rings. The number of halogens is 1. The van der Waals surface area contributed by atoms with Crippen molar-refractivity contribution in [1.29, 1.82) is 0 Å². The van der Waals surface area contributed by atoms with Gasteiger partial charge in [-0.3, -0.25) is 9.78 Å². The highest BCUT2D eigenvalue weighted by Gasteiger charge is 2.15. The Balaban J connectivity index is 3.15. The molecule has 0 radical (unpaired) electrons. The van der Waals surface area contributed by atoms with E-state index in [4.69, 9.17) is 11.6 Å². The standard InChI is InChI=1S/C11H15ClN2OS/c1-6(2)8-5-13-9(7(3)4)10(14-8)16-11(12)15/h5-7H,1-4H3. The molecule has 0 aliphatic carbocycles. The van der Waals surface area contributed by atoms with Crippen LogP contribution in [0.3, 0.4) is 0 Å². The van der Waals surface area contributed by atoms with E-state index in [-0.39, 0.29) is 5.92 Å². The maximum Gasteiger partial charge on any atom is 0.285 e. The van der Waals surface area contributed by atoms with Crippen LogP contribution in [0.1, 0.15) is 50.9 Å². The molecule has 0 aliphatic rings. The molecule has 0 unspecified atom stereocenters. The van der Waals surface area contributed by atoms with Gasteiger partial charge in [0.25, 0.3) is 4.57 Å². The first kappa shape index (κ1) is 13.5. The largest absolute Gasteiger partial charge is 0.285 e. The van der Waals surface area contributed by atoms with E-state index in [1.54, 1.807) is 6.20 Å². The maximum atomic E-state index is 10.9. The lowest BCUT2D eigenvalue weighted by Gasteiger charge is -2.11. The molecular formula is C11H15ClN2OS. The van der Waals surface area contributed by atoms with Gasteiger partial charge in [0.1, 0.15) is 5.03 Å². The summed E-state index contributed by atoms with van der Waals surface area (Å²) in [6.07, 6.45) is 1.77. The Morgan fingerprint density at radius 3 is 2.38 bits per heavy atom. The van der Waals surface area contributed by atoms with Gasteiger partial charge in [0.15, 0.2) is 0 Å². The summed E-state index contributed by atoms with van der Waals surface area (Å²) in [4.78, 5) is 19.7. The van der Waals surface area contributed by atoms with Crippen LogP contribution in [0.5, 0.6) is 0 Å². The first-order valence-electron chi connectivity index (χ1n) is 5.16.